The molecule has 2 heteroatoms. The van der Waals surface area contributed by atoms with Gasteiger partial charge in [0.25, 0.3) is 0 Å². The van der Waals surface area contributed by atoms with Crippen LogP contribution in [0.5, 0.6) is 0 Å². The summed E-state index contributed by atoms with van der Waals surface area (Å²) in [6.07, 6.45) is 5.64. The number of hydrogen-bond donors (Lipinski definition) is 0. The Kier molecular flexibility index (Phi) is 5.91. The van der Waals surface area contributed by atoms with Crippen LogP contribution in [0.25, 0.3) is 77.2 Å². The highest BCUT2D eigenvalue weighted by molar-refractivity contribution is 6.14. The van der Waals surface area contributed by atoms with E-state index in [4.69, 9.17) is 0 Å². The number of aromatic nitrogens is 2. The molecular weight excluding hydrogens is 665 g/mol. The van der Waals surface area contributed by atoms with Gasteiger partial charge in [0.2, 0.25) is 0 Å². The molecule has 4 aliphatic carbocycles. The molecule has 0 amide bonds. The second kappa shape index (κ2) is 10.7. The van der Waals surface area contributed by atoms with Gasteiger partial charge in [-0.15, -0.1) is 0 Å². The van der Waals surface area contributed by atoms with Crippen molar-refractivity contribution in [1.29, 1.82) is 0 Å². The van der Waals surface area contributed by atoms with Gasteiger partial charge in [0, 0.05) is 38.3 Å². The van der Waals surface area contributed by atoms with Gasteiger partial charge in [-0.05, 0) is 161 Å². The van der Waals surface area contributed by atoms with Gasteiger partial charge in [-0.3, -0.25) is 0 Å². The average Bonchev–Trinajstić information content (AvgIpc) is 3.88. The predicted molar refractivity (Wildman–Crippen MR) is 229 cm³/mol. The van der Waals surface area contributed by atoms with Crippen molar-refractivity contribution in [1.82, 2.24) is 9.13 Å². The molecule has 0 aliphatic heterocycles. The molecule has 0 saturated heterocycles. The first-order valence-corrected chi connectivity index (χ1v) is 20.5. The fraction of sp³-hybridized carbons (Fsp3) is 0.208. The van der Waals surface area contributed by atoms with E-state index in [2.05, 4.69) is 169 Å². The Balaban J connectivity index is 1.04. The van der Waals surface area contributed by atoms with Gasteiger partial charge in [0.15, 0.2) is 0 Å². The largest absolute Gasteiger partial charge is 0.309 e. The van der Waals surface area contributed by atoms with Gasteiger partial charge >= 0.3 is 0 Å². The molecule has 2 fully saturated rings. The number of hydrogen-bond acceptors (Lipinski definition) is 0. The van der Waals surface area contributed by atoms with Crippen LogP contribution >= 0.6 is 0 Å². The Hall–Kier alpha value is -5.86. The molecule has 2 nitrogen and oxygen atoms in total. The SMILES string of the molecule is CC1(C)c2ccccc2-c2cc3c4cc(-c5ccc6c(c5)c5ccccc5n6-c5ccccc5)ccc4n(-c4ccc5c(c4)[C@@H]4CC6CC(C4)C5C6)c3cc21. The maximum absolute atomic E-state index is 2.60. The number of rotatable bonds is 3. The molecule has 0 N–H and O–H groups in total. The summed E-state index contributed by atoms with van der Waals surface area (Å²) in [5, 5.41) is 5.23. The second-order valence-electron chi connectivity index (χ2n) is 17.8. The summed E-state index contributed by atoms with van der Waals surface area (Å²) in [5.74, 6) is 3.33. The van der Waals surface area contributed by atoms with E-state index in [1.165, 1.54) is 114 Å². The number of para-hydroxylation sites is 2. The van der Waals surface area contributed by atoms with Crippen LogP contribution in [0.3, 0.4) is 0 Å². The van der Waals surface area contributed by atoms with Crippen molar-refractivity contribution in [2.24, 2.45) is 11.8 Å². The molecule has 2 aromatic heterocycles. The molecule has 0 radical (unpaired) electrons. The van der Waals surface area contributed by atoms with E-state index in [-0.39, 0.29) is 5.41 Å². The molecule has 2 heterocycles. The molecular formula is C53H42N2. The Labute approximate surface area is 321 Å². The van der Waals surface area contributed by atoms with Crippen LogP contribution in [0.2, 0.25) is 0 Å². The molecule has 2 saturated carbocycles. The van der Waals surface area contributed by atoms with Crippen LogP contribution in [0.1, 0.15) is 73.6 Å². The minimum atomic E-state index is -0.0607. The molecule has 0 spiro atoms. The summed E-state index contributed by atoms with van der Waals surface area (Å²) >= 11 is 0. The fourth-order valence-electron chi connectivity index (χ4n) is 12.3. The van der Waals surface area contributed by atoms with E-state index in [1.807, 2.05) is 0 Å². The number of nitrogens with zero attached hydrogens (tertiary/aromatic N) is 2. The van der Waals surface area contributed by atoms with Crippen molar-refractivity contribution >= 4 is 43.6 Å². The lowest BCUT2D eigenvalue weighted by atomic mass is 9.69. The summed E-state index contributed by atoms with van der Waals surface area (Å²) < 4.78 is 5.00. The zero-order valence-corrected chi connectivity index (χ0v) is 31.4. The first-order chi connectivity index (χ1) is 27.0. The Bertz CT molecular complexity index is 3100. The lowest BCUT2D eigenvalue weighted by Gasteiger charge is -2.36. The van der Waals surface area contributed by atoms with Crippen LogP contribution in [0.15, 0.2) is 146 Å². The molecule has 9 aromatic rings. The normalized spacial score (nSPS) is 21.5. The van der Waals surface area contributed by atoms with Crippen molar-refractivity contribution in [2.75, 3.05) is 0 Å². The minimum absolute atomic E-state index is 0.0607. The van der Waals surface area contributed by atoms with Crippen LogP contribution in [0, 0.1) is 11.8 Å². The van der Waals surface area contributed by atoms with Gasteiger partial charge in [-0.1, -0.05) is 92.7 Å². The van der Waals surface area contributed by atoms with Gasteiger partial charge in [-0.25, -0.2) is 0 Å². The van der Waals surface area contributed by atoms with E-state index >= 15 is 0 Å². The molecule has 4 aliphatic rings. The summed E-state index contributed by atoms with van der Waals surface area (Å²) in [6.45, 7) is 4.81. The zero-order valence-electron chi connectivity index (χ0n) is 31.4. The van der Waals surface area contributed by atoms with Gasteiger partial charge < -0.3 is 9.13 Å². The second-order valence-corrected chi connectivity index (χ2v) is 17.8. The Morgan fingerprint density at radius 3 is 1.98 bits per heavy atom. The standard InChI is InChI=1S/C53H42N2/c1-53(2)47-14-8-6-12-39(47)43-29-46-45-27-33(32-16-20-50-44(26-32)40-13-7-9-15-49(40)54(50)36-10-4-3-5-11-36)17-21-51(45)55(52(46)30-48(43)53)37-18-19-38-41-24-31-22-34(41)25-35(23-31)42(38)28-37/h3-21,26-31,34-35,41H,22-25H2,1-2H3/t31?,34?,35-,41?/m1/s1. The molecule has 3 unspecified atom stereocenters. The molecule has 3 bridgehead atoms. The maximum Gasteiger partial charge on any atom is 0.0544 e. The van der Waals surface area contributed by atoms with E-state index in [0.717, 1.165) is 23.7 Å². The quantitative estimate of drug-likeness (QED) is 0.173. The smallest absolute Gasteiger partial charge is 0.0544 e. The monoisotopic (exact) mass is 706 g/mol. The molecule has 7 aromatic carbocycles. The highest BCUT2D eigenvalue weighted by atomic mass is 15.0. The summed E-state index contributed by atoms with van der Waals surface area (Å²) in [7, 11) is 0. The minimum Gasteiger partial charge on any atom is -0.309 e. The first-order valence-electron chi connectivity index (χ1n) is 20.5. The van der Waals surface area contributed by atoms with Gasteiger partial charge in [-0.2, -0.15) is 0 Å². The van der Waals surface area contributed by atoms with Gasteiger partial charge in [0.05, 0.1) is 22.1 Å². The summed E-state index contributed by atoms with van der Waals surface area (Å²) in [6, 6.07) is 55.6. The average molecular weight is 707 g/mol. The van der Waals surface area contributed by atoms with Crippen molar-refractivity contribution in [3.8, 4) is 33.6 Å². The zero-order chi connectivity index (χ0) is 36.2. The molecule has 4 atom stereocenters. The van der Waals surface area contributed by atoms with Gasteiger partial charge in [0.1, 0.15) is 0 Å². The van der Waals surface area contributed by atoms with E-state index in [9.17, 15) is 0 Å². The third kappa shape index (κ3) is 4.05. The topological polar surface area (TPSA) is 9.86 Å². The highest BCUT2D eigenvalue weighted by Gasteiger charge is 2.47. The van der Waals surface area contributed by atoms with Crippen LogP contribution in [-0.4, -0.2) is 9.13 Å². The lowest BCUT2D eigenvalue weighted by molar-refractivity contribution is 0.296. The number of benzene rings is 7. The fourth-order valence-corrected chi connectivity index (χ4v) is 12.3. The van der Waals surface area contributed by atoms with Crippen LogP contribution in [-0.2, 0) is 5.41 Å². The summed E-state index contributed by atoms with van der Waals surface area (Å²) in [4.78, 5) is 0. The van der Waals surface area contributed by atoms with Crippen molar-refractivity contribution < 1.29 is 0 Å². The molecule has 264 valence electrons. The highest BCUT2D eigenvalue weighted by Crippen LogP contribution is 2.60. The third-order valence-electron chi connectivity index (χ3n) is 14.7. The number of fused-ring (bicyclic) bond motifs is 14. The molecule has 55 heavy (non-hydrogen) atoms. The van der Waals surface area contributed by atoms with E-state index in [0.29, 0.717) is 0 Å². The summed E-state index contributed by atoms with van der Waals surface area (Å²) in [5.41, 5.74) is 18.9. The van der Waals surface area contributed by atoms with E-state index in [1.54, 1.807) is 11.1 Å². The van der Waals surface area contributed by atoms with Crippen LogP contribution < -0.4 is 0 Å². The van der Waals surface area contributed by atoms with Crippen molar-refractivity contribution in [2.45, 2.75) is 56.8 Å². The maximum atomic E-state index is 2.60. The van der Waals surface area contributed by atoms with Crippen LogP contribution in [0.4, 0.5) is 0 Å². The Morgan fingerprint density at radius 2 is 1.15 bits per heavy atom. The lowest BCUT2D eigenvalue weighted by Crippen LogP contribution is -2.22. The predicted octanol–water partition coefficient (Wildman–Crippen LogP) is 13.9. The van der Waals surface area contributed by atoms with Crippen molar-refractivity contribution in [3.63, 3.8) is 0 Å². The van der Waals surface area contributed by atoms with E-state index < -0.39 is 0 Å². The molecule has 13 rings (SSSR count). The van der Waals surface area contributed by atoms with Crippen molar-refractivity contribution in [3.05, 3.63) is 168 Å². The third-order valence-corrected chi connectivity index (χ3v) is 14.7. The first kappa shape index (κ1) is 30.5. The Morgan fingerprint density at radius 1 is 0.455 bits per heavy atom.